The molecule has 0 unspecified atom stereocenters. The van der Waals surface area contributed by atoms with Crippen molar-refractivity contribution in [3.8, 4) is 0 Å². The van der Waals surface area contributed by atoms with E-state index < -0.39 is 39.3 Å². The van der Waals surface area contributed by atoms with Crippen molar-refractivity contribution in [1.29, 1.82) is 0 Å². The summed E-state index contributed by atoms with van der Waals surface area (Å²) < 4.78 is 47.9. The summed E-state index contributed by atoms with van der Waals surface area (Å²) in [6.07, 6.45) is 1.37. The number of halogens is 5. The Morgan fingerprint density at radius 1 is 1.38 bits per heavy atom. The van der Waals surface area contributed by atoms with Crippen LogP contribution in [0.3, 0.4) is 0 Å². The van der Waals surface area contributed by atoms with Crippen LogP contribution in [0.5, 0.6) is 0 Å². The highest BCUT2D eigenvalue weighted by molar-refractivity contribution is 9.10. The van der Waals surface area contributed by atoms with Crippen molar-refractivity contribution < 1.29 is 19.5 Å². The largest absolute Gasteiger partial charge is 0.342 e. The summed E-state index contributed by atoms with van der Waals surface area (Å²) in [7, 11) is 0. The van der Waals surface area contributed by atoms with Gasteiger partial charge < -0.3 is 10.3 Å². The van der Waals surface area contributed by atoms with Crippen molar-refractivity contribution in [2.45, 2.75) is 0 Å². The van der Waals surface area contributed by atoms with Crippen LogP contribution in [0.2, 0.25) is 6.43 Å². The van der Waals surface area contributed by atoms with Crippen LogP contribution in [0.4, 0.5) is 24.8 Å². The average Bonchev–Trinajstić information content (AvgIpc) is 3.02. The van der Waals surface area contributed by atoms with Gasteiger partial charge in [-0.25, -0.2) is 18.7 Å². The molecule has 0 saturated heterocycles. The van der Waals surface area contributed by atoms with Gasteiger partial charge in [0.1, 0.15) is 10.1 Å². The van der Waals surface area contributed by atoms with E-state index >= 15 is 0 Å². The number of nitrogens with zero attached hydrogens (tertiary/aromatic N) is 2. The van der Waals surface area contributed by atoms with Crippen molar-refractivity contribution in [2.75, 3.05) is 5.32 Å². The number of fused-ring (bicyclic) bond motifs is 1. The molecular formula is C13H6BrClF3N5O. The summed E-state index contributed by atoms with van der Waals surface area (Å²) in [6, 6.07) is 2.38. The monoisotopic (exact) mass is 420 g/mol. The molecular weight excluding hydrogens is 415 g/mol. The maximum absolute atomic E-state index is 14.2. The SMILES string of the molecule is [2H]N(F)C(=O)c1cc(Nc2nc(Br)cc3nc[nH]c23)c(F)c(F)c1Cl. The highest BCUT2D eigenvalue weighted by Crippen LogP contribution is 2.32. The number of H-pyrrole nitrogens is 1. The molecule has 0 aliphatic rings. The van der Waals surface area contributed by atoms with Gasteiger partial charge in [-0.2, -0.15) is 5.53 Å². The number of carbonyl (C=O) groups excluding carboxylic acids is 1. The third-order valence-electron chi connectivity index (χ3n) is 3.09. The number of pyridine rings is 1. The van der Waals surface area contributed by atoms with Gasteiger partial charge in [-0.1, -0.05) is 16.1 Å². The third-order valence-corrected chi connectivity index (χ3v) is 3.86. The number of anilines is 2. The van der Waals surface area contributed by atoms with Crippen LogP contribution < -0.4 is 10.8 Å². The molecule has 0 atom stereocenters. The van der Waals surface area contributed by atoms with E-state index in [1.54, 1.807) is 6.07 Å². The molecule has 0 aliphatic heterocycles. The molecule has 0 radical (unpaired) electrons. The summed E-state index contributed by atoms with van der Waals surface area (Å²) in [5.41, 5.74) is -1.41. The number of aromatic nitrogens is 3. The normalized spacial score (nSPS) is 11.5. The van der Waals surface area contributed by atoms with Crippen molar-refractivity contribution in [1.82, 2.24) is 20.5 Å². The number of aromatic amines is 1. The third kappa shape index (κ3) is 2.78. The predicted molar refractivity (Wildman–Crippen MR) is 84.8 cm³/mol. The molecule has 0 spiro atoms. The average molecular weight is 422 g/mol. The maximum Gasteiger partial charge on any atom is 0.280 e. The highest BCUT2D eigenvalue weighted by atomic mass is 79.9. The molecule has 0 saturated carbocycles. The molecule has 0 aliphatic carbocycles. The van der Waals surface area contributed by atoms with E-state index in [1.165, 1.54) is 6.33 Å². The Labute approximate surface area is 147 Å². The topological polar surface area (TPSA) is 82.7 Å². The molecule has 0 fully saturated rings. The van der Waals surface area contributed by atoms with E-state index in [1.807, 2.05) is 0 Å². The van der Waals surface area contributed by atoms with Gasteiger partial charge in [0.2, 0.25) is 1.41 Å². The summed E-state index contributed by atoms with van der Waals surface area (Å²) in [5, 5.41) is 1.57. The van der Waals surface area contributed by atoms with Crippen molar-refractivity contribution in [2.24, 2.45) is 0 Å². The number of nitrogens with one attached hydrogen (secondary N) is 3. The minimum Gasteiger partial charge on any atom is -0.342 e. The first-order valence-electron chi connectivity index (χ1n) is 6.67. The smallest absolute Gasteiger partial charge is 0.280 e. The van der Waals surface area contributed by atoms with E-state index in [0.29, 0.717) is 15.6 Å². The Balaban J connectivity index is 2.13. The number of carbonyl (C=O) groups is 1. The summed E-state index contributed by atoms with van der Waals surface area (Å²) >= 11 is 8.69. The number of rotatable bonds is 3. The van der Waals surface area contributed by atoms with Crippen LogP contribution in [0, 0.1) is 11.6 Å². The number of amides is 1. The van der Waals surface area contributed by atoms with Crippen LogP contribution >= 0.6 is 27.5 Å². The fourth-order valence-electron chi connectivity index (χ4n) is 2.03. The van der Waals surface area contributed by atoms with Gasteiger partial charge in [-0.05, 0) is 28.1 Å². The fraction of sp³-hybridized carbons (Fsp3) is 0. The fourth-order valence-corrected chi connectivity index (χ4v) is 2.64. The summed E-state index contributed by atoms with van der Waals surface area (Å²) in [6.45, 7) is 0. The second-order valence-corrected chi connectivity index (χ2v) is 5.71. The van der Waals surface area contributed by atoms with E-state index in [2.05, 4.69) is 36.2 Å². The van der Waals surface area contributed by atoms with Gasteiger partial charge in [0.15, 0.2) is 17.5 Å². The van der Waals surface area contributed by atoms with E-state index in [9.17, 15) is 18.1 Å². The van der Waals surface area contributed by atoms with Crippen molar-refractivity contribution in [3.63, 3.8) is 0 Å². The zero-order valence-corrected chi connectivity index (χ0v) is 13.7. The van der Waals surface area contributed by atoms with Gasteiger partial charge in [0, 0.05) is 0 Å². The molecule has 2 heterocycles. The zero-order chi connectivity index (χ0) is 18.3. The zero-order valence-electron chi connectivity index (χ0n) is 12.4. The highest BCUT2D eigenvalue weighted by Gasteiger charge is 2.22. The molecule has 1 aromatic carbocycles. The Morgan fingerprint density at radius 2 is 2.12 bits per heavy atom. The molecule has 1 amide bonds. The lowest BCUT2D eigenvalue weighted by Crippen LogP contribution is -2.16. The van der Waals surface area contributed by atoms with Gasteiger partial charge in [-0.3, -0.25) is 4.79 Å². The first-order valence-corrected chi connectivity index (χ1v) is 7.40. The molecule has 3 aromatic rings. The van der Waals surface area contributed by atoms with Gasteiger partial charge >= 0.3 is 0 Å². The molecule has 24 heavy (non-hydrogen) atoms. The van der Waals surface area contributed by atoms with E-state index in [-0.39, 0.29) is 5.82 Å². The molecule has 3 rings (SSSR count). The van der Waals surface area contributed by atoms with Gasteiger partial charge in [0.05, 0.1) is 28.1 Å². The summed E-state index contributed by atoms with van der Waals surface area (Å²) in [5.74, 6) is -4.44. The van der Waals surface area contributed by atoms with Crippen LogP contribution in [-0.4, -0.2) is 20.9 Å². The standard InChI is InChI=1S/C13H6BrClF3N5O/c14-7-2-6-11(20-3-19-6)12(22-7)21-5-1-4(13(24)23-18)8(15)10(17)9(5)16/h1-3H,(H,19,20)(H,21,22)(H,23,24)/i/hD. The van der Waals surface area contributed by atoms with Crippen molar-refractivity contribution >= 4 is 56.0 Å². The first kappa shape index (κ1) is 15.2. The van der Waals surface area contributed by atoms with Gasteiger partial charge in [0.25, 0.3) is 5.91 Å². The second kappa shape index (κ2) is 6.29. The number of imidazole rings is 1. The van der Waals surface area contributed by atoms with E-state index in [0.717, 1.165) is 6.07 Å². The Kier molecular flexibility index (Phi) is 3.98. The van der Waals surface area contributed by atoms with Crippen LogP contribution in [-0.2, 0) is 0 Å². The maximum atomic E-state index is 14.2. The lowest BCUT2D eigenvalue weighted by atomic mass is 10.1. The minimum absolute atomic E-state index is 0.0730. The first-order chi connectivity index (χ1) is 11.8. The second-order valence-electron chi connectivity index (χ2n) is 4.52. The van der Waals surface area contributed by atoms with Crippen molar-refractivity contribution in [3.05, 3.63) is 45.3 Å². The molecule has 11 heteroatoms. The predicted octanol–water partition coefficient (Wildman–Crippen LogP) is 4.01. The van der Waals surface area contributed by atoms with E-state index in [4.69, 9.17) is 13.0 Å². The Morgan fingerprint density at radius 3 is 2.83 bits per heavy atom. The molecule has 3 N–H and O–H groups in total. The Bertz CT molecular complexity index is 999. The molecule has 124 valence electrons. The minimum atomic E-state index is -1.56. The number of hydrogen-bond acceptors (Lipinski definition) is 4. The van der Waals surface area contributed by atoms with Gasteiger partial charge in [-0.15, -0.1) is 0 Å². The lowest BCUT2D eigenvalue weighted by Gasteiger charge is -2.12. The quantitative estimate of drug-likeness (QED) is 0.339. The van der Waals surface area contributed by atoms with Crippen LogP contribution in [0.25, 0.3) is 11.0 Å². The molecule has 2 aromatic heterocycles. The molecule has 6 nitrogen and oxygen atoms in total. The number of hydrogen-bond donors (Lipinski definition) is 3. The Hall–Kier alpha value is -2.33. The molecule has 0 bridgehead atoms. The van der Waals surface area contributed by atoms with Crippen LogP contribution in [0.1, 0.15) is 10.4 Å². The summed E-state index contributed by atoms with van der Waals surface area (Å²) in [4.78, 5) is 22.4. The lowest BCUT2D eigenvalue weighted by molar-refractivity contribution is 0.0859. The number of benzene rings is 1. The van der Waals surface area contributed by atoms with Crippen LogP contribution in [0.15, 0.2) is 23.1 Å².